The van der Waals surface area contributed by atoms with Crippen LogP contribution >= 0.6 is 0 Å². The van der Waals surface area contributed by atoms with E-state index >= 15 is 0 Å². The van der Waals surface area contributed by atoms with Crippen LogP contribution in [0, 0.1) is 0 Å². The number of phenolic OH excluding ortho intramolecular Hbond substituents is 2. The Morgan fingerprint density at radius 3 is 2.04 bits per heavy atom. The fourth-order valence-corrected chi connectivity index (χ4v) is 2.04. The number of aromatic hydroxyl groups is 2. The second-order valence-corrected chi connectivity index (χ2v) is 5.19. The quantitative estimate of drug-likeness (QED) is 0.607. The van der Waals surface area contributed by atoms with E-state index < -0.39 is 17.9 Å². The zero-order valence-corrected chi connectivity index (χ0v) is 12.7. The average molecular weight is 327 g/mol. The Morgan fingerprint density at radius 1 is 0.958 bits per heavy atom. The molecule has 4 N–H and O–H groups in total. The van der Waals surface area contributed by atoms with Gasteiger partial charge in [-0.25, -0.2) is 4.79 Å². The Morgan fingerprint density at radius 2 is 1.50 bits per heavy atom. The number of aliphatic carboxylic acids is 1. The van der Waals surface area contributed by atoms with Crippen molar-refractivity contribution >= 4 is 18.0 Å². The number of hydrogen-bond acceptors (Lipinski definition) is 4. The molecule has 2 rings (SSSR count). The Labute approximate surface area is 138 Å². The lowest BCUT2D eigenvalue weighted by atomic mass is 10.1. The van der Waals surface area contributed by atoms with Gasteiger partial charge in [0.1, 0.15) is 17.5 Å². The van der Waals surface area contributed by atoms with Gasteiger partial charge in [-0.3, -0.25) is 4.79 Å². The molecule has 2 aromatic rings. The van der Waals surface area contributed by atoms with Gasteiger partial charge < -0.3 is 20.6 Å². The first kappa shape index (κ1) is 17.1. The van der Waals surface area contributed by atoms with Crippen molar-refractivity contribution in [2.45, 2.75) is 12.5 Å². The van der Waals surface area contributed by atoms with Gasteiger partial charge in [-0.2, -0.15) is 0 Å². The molecule has 2 aromatic carbocycles. The Bertz CT molecular complexity index is 735. The lowest BCUT2D eigenvalue weighted by molar-refractivity contribution is -0.141. The number of amides is 1. The molecule has 0 heterocycles. The highest BCUT2D eigenvalue weighted by molar-refractivity contribution is 5.94. The van der Waals surface area contributed by atoms with E-state index in [0.717, 1.165) is 0 Å². The molecule has 0 aliphatic rings. The molecule has 0 fully saturated rings. The van der Waals surface area contributed by atoms with Gasteiger partial charge in [0.05, 0.1) is 0 Å². The third-order valence-corrected chi connectivity index (χ3v) is 3.31. The average Bonchev–Trinajstić information content (AvgIpc) is 2.55. The number of carbonyl (C=O) groups excluding carboxylic acids is 1. The van der Waals surface area contributed by atoms with Crippen LogP contribution in [0.25, 0.3) is 6.08 Å². The molecule has 6 heteroatoms. The second-order valence-electron chi connectivity index (χ2n) is 5.19. The second kappa shape index (κ2) is 7.82. The molecule has 0 saturated heterocycles. The van der Waals surface area contributed by atoms with Crippen molar-refractivity contribution in [2.24, 2.45) is 0 Å². The lowest BCUT2D eigenvalue weighted by Gasteiger charge is -2.13. The first-order valence-corrected chi connectivity index (χ1v) is 7.22. The third kappa shape index (κ3) is 5.17. The number of carboxylic acid groups (broad SMARTS) is 1. The highest BCUT2D eigenvalue weighted by Gasteiger charge is 2.19. The maximum Gasteiger partial charge on any atom is 0.326 e. The smallest absolute Gasteiger partial charge is 0.326 e. The predicted molar refractivity (Wildman–Crippen MR) is 88.5 cm³/mol. The molecule has 0 radical (unpaired) electrons. The van der Waals surface area contributed by atoms with E-state index in [4.69, 9.17) is 0 Å². The van der Waals surface area contributed by atoms with Gasteiger partial charge in [0.25, 0.3) is 0 Å². The number of rotatable bonds is 6. The van der Waals surface area contributed by atoms with Gasteiger partial charge in [-0.05, 0) is 41.5 Å². The molecular weight excluding hydrogens is 310 g/mol. The number of phenols is 2. The van der Waals surface area contributed by atoms with Gasteiger partial charge in [-0.1, -0.05) is 24.3 Å². The van der Waals surface area contributed by atoms with Crippen LogP contribution in [0.1, 0.15) is 11.1 Å². The Hall–Kier alpha value is -3.28. The highest BCUT2D eigenvalue weighted by atomic mass is 16.4. The van der Waals surface area contributed by atoms with E-state index in [2.05, 4.69) is 5.32 Å². The predicted octanol–water partition coefficient (Wildman–Crippen LogP) is 1.92. The van der Waals surface area contributed by atoms with Crippen LogP contribution in [0.2, 0.25) is 0 Å². The van der Waals surface area contributed by atoms with E-state index in [-0.39, 0.29) is 17.9 Å². The molecule has 0 aliphatic heterocycles. The van der Waals surface area contributed by atoms with Gasteiger partial charge >= 0.3 is 5.97 Å². The third-order valence-electron chi connectivity index (χ3n) is 3.31. The van der Waals surface area contributed by atoms with Gasteiger partial charge in [-0.15, -0.1) is 0 Å². The molecule has 0 saturated carbocycles. The van der Waals surface area contributed by atoms with Crippen LogP contribution in [0.3, 0.4) is 0 Å². The van der Waals surface area contributed by atoms with Gasteiger partial charge in [0.2, 0.25) is 5.91 Å². The van der Waals surface area contributed by atoms with Crippen LogP contribution in [-0.4, -0.2) is 33.2 Å². The van der Waals surface area contributed by atoms with E-state index in [1.54, 1.807) is 24.3 Å². The van der Waals surface area contributed by atoms with Crippen molar-refractivity contribution in [1.29, 1.82) is 0 Å². The topological polar surface area (TPSA) is 107 Å². The van der Waals surface area contributed by atoms with Crippen molar-refractivity contribution < 1.29 is 24.9 Å². The van der Waals surface area contributed by atoms with Crippen molar-refractivity contribution in [3.05, 3.63) is 65.7 Å². The maximum atomic E-state index is 11.9. The summed E-state index contributed by atoms with van der Waals surface area (Å²) in [4.78, 5) is 23.2. The van der Waals surface area contributed by atoms with E-state index in [1.807, 2.05) is 0 Å². The fraction of sp³-hybridized carbons (Fsp3) is 0.111. The van der Waals surface area contributed by atoms with Crippen molar-refractivity contribution in [3.63, 3.8) is 0 Å². The minimum Gasteiger partial charge on any atom is -0.508 e. The molecule has 1 atom stereocenters. The van der Waals surface area contributed by atoms with Crippen LogP contribution in [0.4, 0.5) is 0 Å². The minimum atomic E-state index is -1.14. The summed E-state index contributed by atoms with van der Waals surface area (Å²) in [6.45, 7) is 0. The monoisotopic (exact) mass is 327 g/mol. The summed E-state index contributed by atoms with van der Waals surface area (Å²) in [6.07, 6.45) is 2.86. The first-order valence-electron chi connectivity index (χ1n) is 7.22. The number of hydrogen-bond donors (Lipinski definition) is 4. The van der Waals surface area contributed by atoms with E-state index in [1.165, 1.54) is 36.4 Å². The standard InChI is InChI=1S/C18H17NO5/c20-14-6-1-12(2-7-14)5-10-17(22)19-16(18(23)24)11-13-3-8-15(21)9-4-13/h1-10,16,20-21H,11H2,(H,19,22)(H,23,24)/b10-5+/t16-/m1/s1. The largest absolute Gasteiger partial charge is 0.508 e. The zero-order chi connectivity index (χ0) is 17.5. The molecule has 6 nitrogen and oxygen atoms in total. The number of benzene rings is 2. The molecule has 0 aliphatic carbocycles. The summed E-state index contributed by atoms with van der Waals surface area (Å²) in [6, 6.07) is 11.3. The molecule has 0 bridgehead atoms. The van der Waals surface area contributed by atoms with Crippen molar-refractivity contribution in [2.75, 3.05) is 0 Å². The van der Waals surface area contributed by atoms with Crippen molar-refractivity contribution in [3.8, 4) is 11.5 Å². The van der Waals surface area contributed by atoms with Crippen molar-refractivity contribution in [1.82, 2.24) is 5.32 Å². The SMILES string of the molecule is O=C(/C=C/c1ccc(O)cc1)N[C@H](Cc1ccc(O)cc1)C(=O)O. The summed E-state index contributed by atoms with van der Waals surface area (Å²) < 4.78 is 0. The highest BCUT2D eigenvalue weighted by Crippen LogP contribution is 2.12. The summed E-state index contributed by atoms with van der Waals surface area (Å²) in [5.41, 5.74) is 1.39. The molecule has 0 unspecified atom stereocenters. The molecule has 0 spiro atoms. The normalized spacial score (nSPS) is 12.0. The summed E-state index contributed by atoms with van der Waals surface area (Å²) in [5.74, 6) is -1.47. The van der Waals surface area contributed by atoms with Crippen LogP contribution in [0.15, 0.2) is 54.6 Å². The molecule has 24 heavy (non-hydrogen) atoms. The van der Waals surface area contributed by atoms with Crippen LogP contribution in [0.5, 0.6) is 11.5 Å². The molecule has 124 valence electrons. The summed E-state index contributed by atoms with van der Waals surface area (Å²) in [7, 11) is 0. The van der Waals surface area contributed by atoms with Gasteiger partial charge in [0.15, 0.2) is 0 Å². The molecular formula is C18H17NO5. The Kier molecular flexibility index (Phi) is 5.57. The maximum absolute atomic E-state index is 11.9. The summed E-state index contributed by atoms with van der Waals surface area (Å²) >= 11 is 0. The Balaban J connectivity index is 1.99. The number of nitrogens with one attached hydrogen (secondary N) is 1. The van der Waals surface area contributed by atoms with Gasteiger partial charge in [0, 0.05) is 12.5 Å². The van der Waals surface area contributed by atoms with Crippen LogP contribution < -0.4 is 5.32 Å². The first-order chi connectivity index (χ1) is 11.4. The molecule has 1 amide bonds. The molecule has 0 aromatic heterocycles. The minimum absolute atomic E-state index is 0.0893. The lowest BCUT2D eigenvalue weighted by Crippen LogP contribution is -2.41. The number of carbonyl (C=O) groups is 2. The zero-order valence-electron chi connectivity index (χ0n) is 12.7. The van der Waals surface area contributed by atoms with Crippen LogP contribution in [-0.2, 0) is 16.0 Å². The summed E-state index contributed by atoms with van der Waals surface area (Å²) in [5, 5.41) is 30.1. The number of carboxylic acids is 1. The van der Waals surface area contributed by atoms with E-state index in [9.17, 15) is 24.9 Å². The fourth-order valence-electron chi connectivity index (χ4n) is 2.04. The van der Waals surface area contributed by atoms with E-state index in [0.29, 0.717) is 11.1 Å².